The van der Waals surface area contributed by atoms with Gasteiger partial charge in [-0.15, -0.1) is 0 Å². The molecule has 0 aromatic rings. The Labute approximate surface area is 52.2 Å². The van der Waals surface area contributed by atoms with E-state index in [1.807, 2.05) is 0 Å². The monoisotopic (exact) mass is 164 g/mol. The average Bonchev–Trinajstić information content (AvgIpc) is 2.17. The molecule has 0 aromatic carbocycles. The number of alkyl halides is 1. The summed E-state index contributed by atoms with van der Waals surface area (Å²) in [5, 5.41) is 0. The highest BCUT2D eigenvalue weighted by molar-refractivity contribution is 9.09. The maximum Gasteiger partial charge on any atom is 0.0736 e. The molecule has 3 atom stereocenters. The maximum absolute atomic E-state index is 5.04. The summed E-state index contributed by atoms with van der Waals surface area (Å²) in [5.74, 6) is 0.727. The van der Waals surface area contributed by atoms with Gasteiger partial charge < -0.3 is 4.74 Å². The van der Waals surface area contributed by atoms with Crippen LogP contribution in [0.15, 0.2) is 0 Å². The van der Waals surface area contributed by atoms with Crippen molar-refractivity contribution in [2.75, 3.05) is 7.11 Å². The van der Waals surface area contributed by atoms with Crippen LogP contribution in [0.1, 0.15) is 6.92 Å². The zero-order valence-corrected chi connectivity index (χ0v) is 6.10. The molecular weight excluding hydrogens is 156 g/mol. The summed E-state index contributed by atoms with van der Waals surface area (Å²) < 4.78 is 5.04. The first-order valence-electron chi connectivity index (χ1n) is 2.44. The van der Waals surface area contributed by atoms with Crippen molar-refractivity contribution in [1.29, 1.82) is 0 Å². The average molecular weight is 165 g/mol. The van der Waals surface area contributed by atoms with Crippen LogP contribution in [0, 0.1) is 5.92 Å². The minimum Gasteiger partial charge on any atom is -0.380 e. The van der Waals surface area contributed by atoms with Crippen LogP contribution in [0.25, 0.3) is 0 Å². The number of methoxy groups -OCH3 is 1. The summed E-state index contributed by atoms with van der Waals surface area (Å²) in [6.07, 6.45) is 0.486. The van der Waals surface area contributed by atoms with E-state index in [-0.39, 0.29) is 0 Å². The molecule has 1 aliphatic carbocycles. The van der Waals surface area contributed by atoms with E-state index in [2.05, 4.69) is 22.9 Å². The molecule has 1 fully saturated rings. The first-order chi connectivity index (χ1) is 3.27. The molecule has 1 nitrogen and oxygen atoms in total. The van der Waals surface area contributed by atoms with Gasteiger partial charge in [-0.2, -0.15) is 0 Å². The van der Waals surface area contributed by atoms with Gasteiger partial charge in [0.1, 0.15) is 0 Å². The highest BCUT2D eigenvalue weighted by Gasteiger charge is 2.45. The van der Waals surface area contributed by atoms with Gasteiger partial charge in [0.25, 0.3) is 0 Å². The van der Waals surface area contributed by atoms with E-state index in [0.29, 0.717) is 10.9 Å². The van der Waals surface area contributed by atoms with Crippen LogP contribution in [0.5, 0.6) is 0 Å². The van der Waals surface area contributed by atoms with Gasteiger partial charge in [-0.25, -0.2) is 0 Å². The van der Waals surface area contributed by atoms with Gasteiger partial charge in [-0.05, 0) is 5.92 Å². The predicted molar refractivity (Wildman–Crippen MR) is 32.7 cm³/mol. The van der Waals surface area contributed by atoms with Gasteiger partial charge >= 0.3 is 0 Å². The van der Waals surface area contributed by atoms with Gasteiger partial charge in [-0.3, -0.25) is 0 Å². The third-order valence-corrected chi connectivity index (χ3v) is 2.82. The van der Waals surface area contributed by atoms with Crippen molar-refractivity contribution in [3.05, 3.63) is 0 Å². The fourth-order valence-corrected chi connectivity index (χ4v) is 1.55. The number of halogens is 1. The maximum atomic E-state index is 5.04. The molecule has 0 N–H and O–H groups in total. The fraction of sp³-hybridized carbons (Fsp3) is 1.00. The Kier molecular flexibility index (Phi) is 1.39. The van der Waals surface area contributed by atoms with E-state index < -0.39 is 0 Å². The SMILES string of the molecule is CO[C@H]1[C@@H](C)[C@@H]1Br. The topological polar surface area (TPSA) is 9.23 Å². The van der Waals surface area contributed by atoms with Crippen molar-refractivity contribution in [2.24, 2.45) is 5.92 Å². The molecule has 0 unspecified atom stereocenters. The second kappa shape index (κ2) is 1.75. The van der Waals surface area contributed by atoms with E-state index in [1.54, 1.807) is 7.11 Å². The van der Waals surface area contributed by atoms with E-state index >= 15 is 0 Å². The molecule has 0 heterocycles. The molecule has 0 radical (unpaired) electrons. The number of ether oxygens (including phenoxy) is 1. The molecule has 0 amide bonds. The highest BCUT2D eigenvalue weighted by atomic mass is 79.9. The molecule has 0 bridgehead atoms. The summed E-state index contributed by atoms with van der Waals surface area (Å²) >= 11 is 3.45. The summed E-state index contributed by atoms with van der Waals surface area (Å²) in [6, 6.07) is 0. The van der Waals surface area contributed by atoms with E-state index in [1.165, 1.54) is 0 Å². The first kappa shape index (κ1) is 5.57. The molecule has 7 heavy (non-hydrogen) atoms. The quantitative estimate of drug-likeness (QED) is 0.534. The van der Waals surface area contributed by atoms with E-state index in [9.17, 15) is 0 Å². The van der Waals surface area contributed by atoms with Crippen LogP contribution in [0.2, 0.25) is 0 Å². The summed E-state index contributed by atoms with van der Waals surface area (Å²) in [6.45, 7) is 2.17. The molecular formula is C5H9BrO. The van der Waals surface area contributed by atoms with Crippen molar-refractivity contribution >= 4 is 15.9 Å². The van der Waals surface area contributed by atoms with Crippen molar-refractivity contribution < 1.29 is 4.74 Å². The second-order valence-electron chi connectivity index (χ2n) is 2.00. The lowest BCUT2D eigenvalue weighted by atomic mass is 10.5. The Bertz CT molecular complexity index is 66.5. The van der Waals surface area contributed by atoms with E-state index in [0.717, 1.165) is 5.92 Å². The predicted octanol–water partition coefficient (Wildman–Crippen LogP) is 1.41. The molecule has 1 aliphatic rings. The highest BCUT2D eigenvalue weighted by Crippen LogP contribution is 2.39. The van der Waals surface area contributed by atoms with Crippen LogP contribution in [-0.4, -0.2) is 18.0 Å². The van der Waals surface area contributed by atoms with Crippen molar-refractivity contribution in [2.45, 2.75) is 17.9 Å². The van der Waals surface area contributed by atoms with Gasteiger partial charge in [0.15, 0.2) is 0 Å². The third-order valence-electron chi connectivity index (χ3n) is 1.47. The Morgan fingerprint density at radius 1 is 1.57 bits per heavy atom. The number of hydrogen-bond donors (Lipinski definition) is 0. The smallest absolute Gasteiger partial charge is 0.0736 e. The molecule has 1 saturated carbocycles. The number of hydrogen-bond acceptors (Lipinski definition) is 1. The summed E-state index contributed by atoms with van der Waals surface area (Å²) in [4.78, 5) is 0.623. The lowest BCUT2D eigenvalue weighted by molar-refractivity contribution is 0.173. The molecule has 42 valence electrons. The van der Waals surface area contributed by atoms with E-state index in [4.69, 9.17) is 4.74 Å². The second-order valence-corrected chi connectivity index (χ2v) is 3.06. The molecule has 0 saturated heterocycles. The lowest BCUT2D eigenvalue weighted by Crippen LogP contribution is -1.88. The van der Waals surface area contributed by atoms with Crippen LogP contribution >= 0.6 is 15.9 Å². The lowest BCUT2D eigenvalue weighted by Gasteiger charge is -1.85. The zero-order valence-electron chi connectivity index (χ0n) is 4.52. The Balaban J connectivity index is 2.24. The molecule has 0 aliphatic heterocycles. The van der Waals surface area contributed by atoms with Gasteiger partial charge in [0, 0.05) is 11.9 Å². The van der Waals surface area contributed by atoms with Crippen molar-refractivity contribution in [3.8, 4) is 0 Å². The Morgan fingerprint density at radius 2 is 2.00 bits per heavy atom. The standard InChI is InChI=1S/C5H9BrO/c1-3-4(6)5(3)7-2/h3-5H,1-2H3/t3-,4-,5-/m0/s1. The molecule has 2 heteroatoms. The first-order valence-corrected chi connectivity index (χ1v) is 3.36. The third kappa shape index (κ3) is 0.820. The van der Waals surface area contributed by atoms with Crippen LogP contribution in [0.4, 0.5) is 0 Å². The van der Waals surface area contributed by atoms with Crippen molar-refractivity contribution in [3.63, 3.8) is 0 Å². The minimum atomic E-state index is 0.486. The van der Waals surface area contributed by atoms with Gasteiger partial charge in [0.05, 0.1) is 6.10 Å². The molecule has 0 aromatic heterocycles. The van der Waals surface area contributed by atoms with Crippen molar-refractivity contribution in [1.82, 2.24) is 0 Å². The zero-order chi connectivity index (χ0) is 5.44. The Hall–Kier alpha value is 0.440. The van der Waals surface area contributed by atoms with Crippen LogP contribution in [-0.2, 0) is 4.74 Å². The normalized spacial score (nSPS) is 49.3. The van der Waals surface area contributed by atoms with Crippen LogP contribution in [0.3, 0.4) is 0 Å². The number of rotatable bonds is 1. The molecule has 0 spiro atoms. The van der Waals surface area contributed by atoms with Gasteiger partial charge in [-0.1, -0.05) is 22.9 Å². The van der Waals surface area contributed by atoms with Crippen LogP contribution < -0.4 is 0 Å². The fourth-order valence-electron chi connectivity index (χ4n) is 0.724. The minimum absolute atomic E-state index is 0.486. The summed E-state index contributed by atoms with van der Waals surface area (Å²) in [7, 11) is 1.75. The Morgan fingerprint density at radius 3 is 2.00 bits per heavy atom. The van der Waals surface area contributed by atoms with Gasteiger partial charge in [0.2, 0.25) is 0 Å². The molecule has 1 rings (SSSR count). The largest absolute Gasteiger partial charge is 0.380 e. The summed E-state index contributed by atoms with van der Waals surface area (Å²) in [5.41, 5.74) is 0.